The van der Waals surface area contributed by atoms with E-state index in [2.05, 4.69) is 10.0 Å². The molecule has 0 spiro atoms. The van der Waals surface area contributed by atoms with E-state index in [0.717, 1.165) is 5.56 Å². The van der Waals surface area contributed by atoms with E-state index in [-0.39, 0.29) is 16.2 Å². The summed E-state index contributed by atoms with van der Waals surface area (Å²) in [5.74, 6) is -0.200. The summed E-state index contributed by atoms with van der Waals surface area (Å²) in [6, 6.07) is 11.7. The first kappa shape index (κ1) is 19.0. The molecular formula is C18H22N2O4S. The lowest BCUT2D eigenvalue weighted by Crippen LogP contribution is -2.25. The van der Waals surface area contributed by atoms with E-state index in [0.29, 0.717) is 18.7 Å². The van der Waals surface area contributed by atoms with Crippen LogP contribution in [0.3, 0.4) is 0 Å². The first-order valence-corrected chi connectivity index (χ1v) is 9.41. The van der Waals surface area contributed by atoms with Crippen molar-refractivity contribution >= 4 is 21.6 Å². The smallest absolute Gasteiger partial charge is 0.255 e. The molecule has 0 aliphatic heterocycles. The third kappa shape index (κ3) is 4.80. The second-order valence-electron chi connectivity index (χ2n) is 5.58. The Morgan fingerprint density at radius 2 is 1.80 bits per heavy atom. The number of aryl methyl sites for hydroxylation is 1. The fourth-order valence-corrected chi connectivity index (χ4v) is 3.51. The Morgan fingerprint density at radius 1 is 1.12 bits per heavy atom. The van der Waals surface area contributed by atoms with Gasteiger partial charge < -0.3 is 10.1 Å². The van der Waals surface area contributed by atoms with Crippen LogP contribution in [-0.2, 0) is 10.0 Å². The van der Waals surface area contributed by atoms with Gasteiger partial charge in [0.25, 0.3) is 5.91 Å². The minimum absolute atomic E-state index is 0.0555. The van der Waals surface area contributed by atoms with Gasteiger partial charge in [-0.15, -0.1) is 0 Å². The molecule has 0 heterocycles. The van der Waals surface area contributed by atoms with Crippen molar-refractivity contribution in [2.75, 3.05) is 19.0 Å². The molecule has 2 aromatic rings. The van der Waals surface area contributed by atoms with Gasteiger partial charge in [0, 0.05) is 17.8 Å². The molecule has 0 aromatic heterocycles. The molecule has 0 saturated carbocycles. The maximum Gasteiger partial charge on any atom is 0.255 e. The average molecular weight is 362 g/mol. The maximum atomic E-state index is 12.4. The SMILES string of the molecule is CCCNS(=O)(=O)c1cc(C(=O)Nc2ccc(C)cc2)ccc1OC. The number of hydrogen-bond acceptors (Lipinski definition) is 4. The number of sulfonamides is 1. The molecular weight excluding hydrogens is 340 g/mol. The van der Waals surface area contributed by atoms with E-state index in [1.54, 1.807) is 12.1 Å². The molecule has 0 aliphatic rings. The summed E-state index contributed by atoms with van der Waals surface area (Å²) in [7, 11) is -2.37. The standard InChI is InChI=1S/C18H22N2O4S/c1-4-11-19-25(22,23)17-12-14(7-10-16(17)24-3)18(21)20-15-8-5-13(2)6-9-15/h5-10,12,19H,4,11H2,1-3H3,(H,20,21). The van der Waals surface area contributed by atoms with E-state index in [1.165, 1.54) is 25.3 Å². The highest BCUT2D eigenvalue weighted by Crippen LogP contribution is 2.25. The van der Waals surface area contributed by atoms with Crippen LogP contribution in [0.4, 0.5) is 5.69 Å². The lowest BCUT2D eigenvalue weighted by molar-refractivity contribution is 0.102. The molecule has 0 bridgehead atoms. The van der Waals surface area contributed by atoms with Gasteiger partial charge >= 0.3 is 0 Å². The Bertz CT molecular complexity index is 846. The molecule has 2 aromatic carbocycles. The largest absolute Gasteiger partial charge is 0.495 e. The quantitative estimate of drug-likeness (QED) is 0.793. The van der Waals surface area contributed by atoms with Crippen molar-refractivity contribution in [2.24, 2.45) is 0 Å². The summed E-state index contributed by atoms with van der Waals surface area (Å²) in [6.07, 6.45) is 0.662. The molecule has 7 heteroatoms. The Balaban J connectivity index is 2.31. The van der Waals surface area contributed by atoms with E-state index in [9.17, 15) is 13.2 Å². The summed E-state index contributed by atoms with van der Waals surface area (Å²) >= 11 is 0. The van der Waals surface area contributed by atoms with Crippen LogP contribution in [-0.4, -0.2) is 28.0 Å². The van der Waals surface area contributed by atoms with Gasteiger partial charge in [0.1, 0.15) is 10.6 Å². The summed E-state index contributed by atoms with van der Waals surface area (Å²) in [5.41, 5.74) is 1.95. The van der Waals surface area contributed by atoms with Crippen molar-refractivity contribution in [3.63, 3.8) is 0 Å². The van der Waals surface area contributed by atoms with Gasteiger partial charge in [0.05, 0.1) is 7.11 Å². The molecule has 0 unspecified atom stereocenters. The summed E-state index contributed by atoms with van der Waals surface area (Å²) < 4.78 is 32.4. The van der Waals surface area contributed by atoms with Gasteiger partial charge in [-0.25, -0.2) is 13.1 Å². The Morgan fingerprint density at radius 3 is 2.40 bits per heavy atom. The number of carbonyl (C=O) groups excluding carboxylic acids is 1. The van der Waals surface area contributed by atoms with Crippen LogP contribution in [0.5, 0.6) is 5.75 Å². The van der Waals surface area contributed by atoms with Crippen molar-refractivity contribution in [3.05, 3.63) is 53.6 Å². The van der Waals surface area contributed by atoms with Crippen molar-refractivity contribution < 1.29 is 17.9 Å². The van der Waals surface area contributed by atoms with Crippen molar-refractivity contribution in [1.82, 2.24) is 4.72 Å². The number of hydrogen-bond donors (Lipinski definition) is 2. The lowest BCUT2D eigenvalue weighted by Gasteiger charge is -2.12. The van der Waals surface area contributed by atoms with Crippen molar-refractivity contribution in [1.29, 1.82) is 0 Å². The van der Waals surface area contributed by atoms with E-state index >= 15 is 0 Å². The molecule has 0 atom stereocenters. The fourth-order valence-electron chi connectivity index (χ4n) is 2.18. The summed E-state index contributed by atoms with van der Waals surface area (Å²) in [4.78, 5) is 12.4. The number of benzene rings is 2. The van der Waals surface area contributed by atoms with Gasteiger partial charge in [0.2, 0.25) is 10.0 Å². The number of ether oxygens (including phenoxy) is 1. The van der Waals surface area contributed by atoms with E-state index < -0.39 is 15.9 Å². The molecule has 0 radical (unpaired) electrons. The molecule has 134 valence electrons. The average Bonchev–Trinajstić information content (AvgIpc) is 2.61. The van der Waals surface area contributed by atoms with Gasteiger partial charge in [-0.1, -0.05) is 24.6 Å². The number of carbonyl (C=O) groups is 1. The zero-order valence-corrected chi connectivity index (χ0v) is 15.3. The highest BCUT2D eigenvalue weighted by Gasteiger charge is 2.21. The predicted molar refractivity (Wildman–Crippen MR) is 97.6 cm³/mol. The lowest BCUT2D eigenvalue weighted by atomic mass is 10.2. The molecule has 0 saturated heterocycles. The summed E-state index contributed by atoms with van der Waals surface area (Å²) in [5, 5.41) is 2.75. The zero-order chi connectivity index (χ0) is 18.4. The second-order valence-corrected chi connectivity index (χ2v) is 7.32. The minimum atomic E-state index is -3.75. The van der Waals surface area contributed by atoms with Gasteiger partial charge in [-0.05, 0) is 43.7 Å². The highest BCUT2D eigenvalue weighted by molar-refractivity contribution is 7.89. The Kier molecular flexibility index (Phi) is 6.17. The third-order valence-corrected chi connectivity index (χ3v) is 5.05. The fraction of sp³-hybridized carbons (Fsp3) is 0.278. The van der Waals surface area contributed by atoms with Crippen LogP contribution in [0.2, 0.25) is 0 Å². The molecule has 6 nitrogen and oxygen atoms in total. The number of methoxy groups -OCH3 is 1. The Labute approximate surface area is 148 Å². The molecule has 25 heavy (non-hydrogen) atoms. The van der Waals surface area contributed by atoms with Crippen LogP contribution >= 0.6 is 0 Å². The van der Waals surface area contributed by atoms with Crippen LogP contribution in [0, 0.1) is 6.92 Å². The Hall–Kier alpha value is -2.38. The number of rotatable bonds is 7. The van der Waals surface area contributed by atoms with Crippen LogP contribution in [0.1, 0.15) is 29.3 Å². The normalized spacial score (nSPS) is 11.2. The van der Waals surface area contributed by atoms with Crippen LogP contribution in [0.15, 0.2) is 47.4 Å². The molecule has 1 amide bonds. The van der Waals surface area contributed by atoms with Gasteiger partial charge in [-0.3, -0.25) is 4.79 Å². The number of amides is 1. The van der Waals surface area contributed by atoms with Crippen molar-refractivity contribution in [3.8, 4) is 5.75 Å². The van der Waals surface area contributed by atoms with E-state index in [4.69, 9.17) is 4.74 Å². The van der Waals surface area contributed by atoms with Crippen LogP contribution < -0.4 is 14.8 Å². The van der Waals surface area contributed by atoms with Gasteiger partial charge in [-0.2, -0.15) is 0 Å². The highest BCUT2D eigenvalue weighted by atomic mass is 32.2. The first-order chi connectivity index (χ1) is 11.9. The predicted octanol–water partition coefficient (Wildman–Crippen LogP) is 2.94. The first-order valence-electron chi connectivity index (χ1n) is 7.93. The molecule has 2 rings (SSSR count). The third-order valence-electron chi connectivity index (χ3n) is 3.57. The number of nitrogens with one attached hydrogen (secondary N) is 2. The topological polar surface area (TPSA) is 84.5 Å². The molecule has 2 N–H and O–H groups in total. The summed E-state index contributed by atoms with van der Waals surface area (Å²) in [6.45, 7) is 4.13. The van der Waals surface area contributed by atoms with Crippen molar-refractivity contribution in [2.45, 2.75) is 25.2 Å². The van der Waals surface area contributed by atoms with Gasteiger partial charge in [0.15, 0.2) is 0 Å². The zero-order valence-electron chi connectivity index (χ0n) is 14.5. The second kappa shape index (κ2) is 8.13. The minimum Gasteiger partial charge on any atom is -0.495 e. The number of anilines is 1. The van der Waals surface area contributed by atoms with E-state index in [1.807, 2.05) is 26.0 Å². The molecule has 0 aliphatic carbocycles. The molecule has 0 fully saturated rings. The monoisotopic (exact) mass is 362 g/mol. The van der Waals surface area contributed by atoms with Crippen LogP contribution in [0.25, 0.3) is 0 Å². The maximum absolute atomic E-state index is 12.4.